The van der Waals surface area contributed by atoms with Gasteiger partial charge in [-0.05, 0) is 13.8 Å². The maximum Gasteiger partial charge on any atom is 0.328 e. The van der Waals surface area contributed by atoms with Crippen LogP contribution in [0, 0.1) is 0 Å². The van der Waals surface area contributed by atoms with Crippen molar-refractivity contribution in [1.82, 2.24) is 10.2 Å². The van der Waals surface area contributed by atoms with E-state index in [1.165, 1.54) is 4.90 Å². The number of urea groups is 1. The highest BCUT2D eigenvalue weighted by atomic mass is 16.5. The molecule has 0 aliphatic carbocycles. The van der Waals surface area contributed by atoms with Gasteiger partial charge in [0, 0.05) is 0 Å². The summed E-state index contributed by atoms with van der Waals surface area (Å²) in [6.07, 6.45) is -0.507. The summed E-state index contributed by atoms with van der Waals surface area (Å²) in [5.74, 6) is -1.30. The first kappa shape index (κ1) is 15.7. The normalized spacial score (nSPS) is 23.8. The van der Waals surface area contributed by atoms with Gasteiger partial charge in [0.05, 0.1) is 38.0 Å². The summed E-state index contributed by atoms with van der Waals surface area (Å²) < 4.78 is 5.54. The Labute approximate surface area is 111 Å². The summed E-state index contributed by atoms with van der Waals surface area (Å²) in [6, 6.07) is -1.94. The maximum absolute atomic E-state index is 11.9. The number of carboxylic acids is 1. The number of carbonyl (C=O) groups is 2. The van der Waals surface area contributed by atoms with Gasteiger partial charge in [-0.2, -0.15) is 0 Å². The number of aliphatic carboxylic acids is 1. The topological polar surface area (TPSA) is 119 Å². The average Bonchev–Trinajstić information content (AvgIpc) is 2.33. The second-order valence-electron chi connectivity index (χ2n) is 5.09. The Hall–Kier alpha value is -1.38. The van der Waals surface area contributed by atoms with E-state index in [0.29, 0.717) is 0 Å². The molecule has 4 N–H and O–H groups in total. The van der Waals surface area contributed by atoms with Gasteiger partial charge < -0.3 is 30.3 Å². The molecule has 2 amide bonds. The Kier molecular flexibility index (Phi) is 5.10. The van der Waals surface area contributed by atoms with Crippen molar-refractivity contribution >= 4 is 12.0 Å². The van der Waals surface area contributed by atoms with E-state index in [1.807, 2.05) is 0 Å². The summed E-state index contributed by atoms with van der Waals surface area (Å²) >= 11 is 0. The first-order valence-electron chi connectivity index (χ1n) is 5.97. The number of nitrogens with one attached hydrogen (secondary N) is 1. The molecule has 0 aromatic rings. The molecule has 0 spiro atoms. The van der Waals surface area contributed by atoms with Crippen molar-refractivity contribution in [3.63, 3.8) is 0 Å². The molecule has 1 fully saturated rings. The Balaban J connectivity index is 2.67. The molecule has 0 aromatic carbocycles. The van der Waals surface area contributed by atoms with Crippen LogP contribution in [0.3, 0.4) is 0 Å². The molecule has 8 heteroatoms. The number of morpholine rings is 1. The maximum atomic E-state index is 11.9. The zero-order chi connectivity index (χ0) is 14.6. The second-order valence-corrected chi connectivity index (χ2v) is 5.09. The van der Waals surface area contributed by atoms with Crippen molar-refractivity contribution in [2.24, 2.45) is 0 Å². The SMILES string of the molecule is CC1(C)CN(C(=O)NC(CO)C(=O)O)CC(CO)O1. The van der Waals surface area contributed by atoms with Crippen molar-refractivity contribution in [2.45, 2.75) is 31.6 Å². The molecular formula is C11H20N2O6. The van der Waals surface area contributed by atoms with Crippen molar-refractivity contribution in [3.8, 4) is 0 Å². The highest BCUT2D eigenvalue weighted by Gasteiger charge is 2.36. The molecule has 19 heavy (non-hydrogen) atoms. The molecule has 110 valence electrons. The Bertz CT molecular complexity index is 346. The largest absolute Gasteiger partial charge is 0.480 e. The summed E-state index contributed by atoms with van der Waals surface area (Å²) in [5, 5.41) is 29.0. The van der Waals surface area contributed by atoms with Gasteiger partial charge in [0.1, 0.15) is 0 Å². The van der Waals surface area contributed by atoms with Gasteiger partial charge in [-0.15, -0.1) is 0 Å². The van der Waals surface area contributed by atoms with Crippen LogP contribution in [0.15, 0.2) is 0 Å². The standard InChI is InChI=1S/C11H20N2O6/c1-11(2)6-13(3-7(4-14)19-11)10(18)12-8(5-15)9(16)17/h7-8,14-15H,3-6H2,1-2H3,(H,12,18)(H,16,17). The molecular weight excluding hydrogens is 256 g/mol. The average molecular weight is 276 g/mol. The number of amides is 2. The highest BCUT2D eigenvalue weighted by Crippen LogP contribution is 2.20. The molecule has 0 radical (unpaired) electrons. The van der Waals surface area contributed by atoms with Gasteiger partial charge in [0.25, 0.3) is 0 Å². The Morgan fingerprint density at radius 3 is 2.58 bits per heavy atom. The number of aliphatic hydroxyl groups excluding tert-OH is 2. The van der Waals surface area contributed by atoms with Gasteiger partial charge in [-0.25, -0.2) is 9.59 Å². The van der Waals surface area contributed by atoms with Gasteiger partial charge in [0.2, 0.25) is 0 Å². The van der Waals surface area contributed by atoms with Gasteiger partial charge in [-0.1, -0.05) is 0 Å². The van der Waals surface area contributed by atoms with Gasteiger partial charge >= 0.3 is 12.0 Å². The van der Waals surface area contributed by atoms with Crippen LogP contribution in [-0.2, 0) is 9.53 Å². The summed E-state index contributed by atoms with van der Waals surface area (Å²) in [6.45, 7) is 3.08. The molecule has 1 aliphatic heterocycles. The first-order valence-corrected chi connectivity index (χ1v) is 5.97. The second kappa shape index (κ2) is 6.18. The number of rotatable bonds is 4. The zero-order valence-corrected chi connectivity index (χ0v) is 11.0. The third kappa shape index (κ3) is 4.34. The summed E-state index contributed by atoms with van der Waals surface area (Å²) in [7, 11) is 0. The lowest BCUT2D eigenvalue weighted by Crippen LogP contribution is -2.59. The number of hydrogen-bond donors (Lipinski definition) is 4. The molecule has 0 saturated carbocycles. The van der Waals surface area contributed by atoms with E-state index in [-0.39, 0.29) is 19.7 Å². The van der Waals surface area contributed by atoms with Crippen LogP contribution in [-0.4, -0.2) is 76.3 Å². The van der Waals surface area contributed by atoms with Crippen molar-refractivity contribution in [1.29, 1.82) is 0 Å². The Morgan fingerprint density at radius 2 is 2.11 bits per heavy atom. The number of ether oxygens (including phenoxy) is 1. The van der Waals surface area contributed by atoms with E-state index in [9.17, 15) is 9.59 Å². The summed E-state index contributed by atoms with van der Waals surface area (Å²) in [4.78, 5) is 24.0. The lowest BCUT2D eigenvalue weighted by atomic mass is 10.1. The number of carbonyl (C=O) groups excluding carboxylic acids is 1. The monoisotopic (exact) mass is 276 g/mol. The Morgan fingerprint density at radius 1 is 1.47 bits per heavy atom. The van der Waals surface area contributed by atoms with Crippen LogP contribution < -0.4 is 5.32 Å². The summed E-state index contributed by atoms with van der Waals surface area (Å²) in [5.41, 5.74) is -0.624. The fraction of sp³-hybridized carbons (Fsp3) is 0.818. The smallest absolute Gasteiger partial charge is 0.328 e. The first-order chi connectivity index (χ1) is 8.79. The van der Waals surface area contributed by atoms with E-state index in [2.05, 4.69) is 5.32 Å². The highest BCUT2D eigenvalue weighted by molar-refractivity contribution is 5.82. The zero-order valence-electron chi connectivity index (χ0n) is 11.0. The third-order valence-electron chi connectivity index (χ3n) is 2.75. The van der Waals surface area contributed by atoms with E-state index < -0.39 is 36.4 Å². The lowest BCUT2D eigenvalue weighted by Gasteiger charge is -2.42. The minimum absolute atomic E-state index is 0.170. The molecule has 1 saturated heterocycles. The molecule has 1 aliphatic rings. The predicted molar refractivity (Wildman–Crippen MR) is 64.7 cm³/mol. The molecule has 0 bridgehead atoms. The van der Waals surface area contributed by atoms with Crippen molar-refractivity contribution < 1.29 is 29.6 Å². The van der Waals surface area contributed by atoms with Crippen LogP contribution in [0.25, 0.3) is 0 Å². The molecule has 0 aromatic heterocycles. The number of carboxylic acid groups (broad SMARTS) is 1. The van der Waals surface area contributed by atoms with Crippen LogP contribution in [0.2, 0.25) is 0 Å². The van der Waals surface area contributed by atoms with E-state index in [0.717, 1.165) is 0 Å². The third-order valence-corrected chi connectivity index (χ3v) is 2.75. The molecule has 2 atom stereocenters. The fourth-order valence-electron chi connectivity index (χ4n) is 1.97. The van der Waals surface area contributed by atoms with E-state index in [1.54, 1.807) is 13.8 Å². The van der Waals surface area contributed by atoms with Crippen molar-refractivity contribution in [2.75, 3.05) is 26.3 Å². The van der Waals surface area contributed by atoms with Gasteiger partial charge in [-0.3, -0.25) is 0 Å². The van der Waals surface area contributed by atoms with E-state index >= 15 is 0 Å². The number of hydrogen-bond acceptors (Lipinski definition) is 5. The molecule has 1 heterocycles. The lowest BCUT2D eigenvalue weighted by molar-refractivity contribution is -0.142. The van der Waals surface area contributed by atoms with Gasteiger partial charge in [0.15, 0.2) is 6.04 Å². The van der Waals surface area contributed by atoms with Crippen LogP contribution in [0.4, 0.5) is 4.79 Å². The van der Waals surface area contributed by atoms with Crippen LogP contribution in [0.5, 0.6) is 0 Å². The number of aliphatic hydroxyl groups is 2. The van der Waals surface area contributed by atoms with Crippen LogP contribution in [0.1, 0.15) is 13.8 Å². The minimum Gasteiger partial charge on any atom is -0.480 e. The minimum atomic E-state index is -1.34. The predicted octanol–water partition coefficient (Wildman–Crippen LogP) is -1.39. The quantitative estimate of drug-likeness (QED) is 0.502. The number of nitrogens with zero attached hydrogens (tertiary/aromatic N) is 1. The van der Waals surface area contributed by atoms with Crippen LogP contribution >= 0.6 is 0 Å². The molecule has 1 rings (SSSR count). The van der Waals surface area contributed by atoms with E-state index in [4.69, 9.17) is 20.1 Å². The van der Waals surface area contributed by atoms with Crippen molar-refractivity contribution in [3.05, 3.63) is 0 Å². The molecule has 8 nitrogen and oxygen atoms in total. The molecule has 2 unspecified atom stereocenters. The fourth-order valence-corrected chi connectivity index (χ4v) is 1.97.